The number of carbonyl (C=O) groups is 1. The molecule has 2 rings (SSSR count). The Balaban J connectivity index is 2.11. The number of halogens is 1. The zero-order valence-corrected chi connectivity index (χ0v) is 11.9. The molecule has 0 radical (unpaired) electrons. The van der Waals surface area contributed by atoms with Gasteiger partial charge in [0.05, 0.1) is 20.5 Å². The highest BCUT2D eigenvalue weighted by molar-refractivity contribution is 6.31. The van der Waals surface area contributed by atoms with Crippen LogP contribution in [0.5, 0.6) is 11.5 Å². The van der Waals surface area contributed by atoms with Crippen LogP contribution in [0, 0.1) is 0 Å². The predicted molar refractivity (Wildman–Crippen MR) is 74.4 cm³/mol. The van der Waals surface area contributed by atoms with Crippen LogP contribution in [0.2, 0.25) is 5.02 Å². The van der Waals surface area contributed by atoms with Gasteiger partial charge in [0.2, 0.25) is 0 Å². The Hall–Kier alpha value is -2.14. The lowest BCUT2D eigenvalue weighted by molar-refractivity contribution is 0.0923. The van der Waals surface area contributed by atoms with Crippen molar-refractivity contribution in [1.29, 1.82) is 0 Å². The molecule has 1 aromatic carbocycles. The minimum atomic E-state index is -0.305. The van der Waals surface area contributed by atoms with E-state index in [2.05, 4.69) is 5.32 Å². The summed E-state index contributed by atoms with van der Waals surface area (Å²) < 4.78 is 15.3. The van der Waals surface area contributed by atoms with Crippen molar-refractivity contribution in [3.05, 3.63) is 46.9 Å². The molecule has 0 atom stereocenters. The monoisotopic (exact) mass is 295 g/mol. The molecule has 1 aromatic heterocycles. The van der Waals surface area contributed by atoms with Crippen LogP contribution >= 0.6 is 11.6 Å². The number of benzene rings is 1. The lowest BCUT2D eigenvalue weighted by atomic mass is 10.2. The van der Waals surface area contributed by atoms with Gasteiger partial charge in [-0.25, -0.2) is 0 Å². The summed E-state index contributed by atoms with van der Waals surface area (Å²) in [6, 6.07) is 6.61. The Bertz CT molecular complexity index is 595. The molecular weight excluding hydrogens is 282 g/mol. The van der Waals surface area contributed by atoms with Gasteiger partial charge in [0.1, 0.15) is 0 Å². The fraction of sp³-hybridized carbons (Fsp3) is 0.214. The number of amides is 1. The number of hydrogen-bond donors (Lipinski definition) is 1. The second-order valence-electron chi connectivity index (χ2n) is 3.96. The molecule has 1 amide bonds. The maximum atomic E-state index is 11.8. The molecule has 0 aliphatic carbocycles. The number of carbonyl (C=O) groups excluding carboxylic acids is 1. The van der Waals surface area contributed by atoms with Gasteiger partial charge in [-0.1, -0.05) is 11.6 Å². The van der Waals surface area contributed by atoms with Crippen molar-refractivity contribution in [2.75, 3.05) is 14.2 Å². The number of hydrogen-bond acceptors (Lipinski definition) is 4. The van der Waals surface area contributed by atoms with Crippen molar-refractivity contribution in [3.8, 4) is 11.5 Å². The fourth-order valence-electron chi connectivity index (χ4n) is 1.70. The number of nitrogens with one attached hydrogen (secondary N) is 1. The molecule has 2 aromatic rings. The molecule has 1 heterocycles. The average molecular weight is 296 g/mol. The number of furan rings is 1. The first-order valence-electron chi connectivity index (χ1n) is 5.87. The number of methoxy groups -OCH3 is 2. The topological polar surface area (TPSA) is 60.7 Å². The van der Waals surface area contributed by atoms with E-state index >= 15 is 0 Å². The van der Waals surface area contributed by atoms with Crippen LogP contribution in [0.4, 0.5) is 0 Å². The van der Waals surface area contributed by atoms with Crippen molar-refractivity contribution in [1.82, 2.24) is 5.32 Å². The quantitative estimate of drug-likeness (QED) is 0.921. The van der Waals surface area contributed by atoms with Crippen LogP contribution in [-0.4, -0.2) is 20.1 Å². The molecule has 0 spiro atoms. The molecule has 0 aliphatic heterocycles. The number of ether oxygens (including phenoxy) is 2. The molecule has 0 fully saturated rings. The van der Waals surface area contributed by atoms with E-state index in [9.17, 15) is 4.79 Å². The van der Waals surface area contributed by atoms with Crippen LogP contribution in [0.1, 0.15) is 16.1 Å². The third-order valence-electron chi connectivity index (χ3n) is 2.74. The van der Waals surface area contributed by atoms with Gasteiger partial charge in [-0.05, 0) is 23.8 Å². The van der Waals surface area contributed by atoms with Crippen LogP contribution in [0.15, 0.2) is 34.9 Å². The smallest absolute Gasteiger partial charge is 0.287 e. The highest BCUT2D eigenvalue weighted by Crippen LogP contribution is 2.32. The van der Waals surface area contributed by atoms with Gasteiger partial charge in [0.25, 0.3) is 5.91 Å². The molecule has 20 heavy (non-hydrogen) atoms. The molecule has 0 saturated heterocycles. The molecule has 5 nitrogen and oxygen atoms in total. The van der Waals surface area contributed by atoms with Gasteiger partial charge >= 0.3 is 0 Å². The van der Waals surface area contributed by atoms with Gasteiger partial charge in [0.15, 0.2) is 17.3 Å². The zero-order valence-electron chi connectivity index (χ0n) is 11.1. The van der Waals surface area contributed by atoms with E-state index in [1.165, 1.54) is 20.5 Å². The Labute approximate surface area is 121 Å². The maximum absolute atomic E-state index is 11.8. The molecule has 0 saturated carbocycles. The van der Waals surface area contributed by atoms with Crippen molar-refractivity contribution in [3.63, 3.8) is 0 Å². The predicted octanol–water partition coefficient (Wildman–Crippen LogP) is 2.88. The fourth-order valence-corrected chi connectivity index (χ4v) is 1.92. The van der Waals surface area contributed by atoms with Crippen LogP contribution in [-0.2, 0) is 6.54 Å². The first kappa shape index (κ1) is 14.3. The Morgan fingerprint density at radius 2 is 2.00 bits per heavy atom. The minimum absolute atomic E-state index is 0.251. The van der Waals surface area contributed by atoms with Crippen molar-refractivity contribution < 1.29 is 18.7 Å². The van der Waals surface area contributed by atoms with Crippen molar-refractivity contribution in [2.45, 2.75) is 6.54 Å². The summed E-state index contributed by atoms with van der Waals surface area (Å²) in [5.41, 5.74) is 0.726. The average Bonchev–Trinajstić information content (AvgIpc) is 2.99. The Morgan fingerprint density at radius 3 is 2.60 bits per heavy atom. The highest BCUT2D eigenvalue weighted by Gasteiger charge is 2.12. The van der Waals surface area contributed by atoms with Gasteiger partial charge in [-0.2, -0.15) is 0 Å². The van der Waals surface area contributed by atoms with Crippen LogP contribution < -0.4 is 14.8 Å². The second-order valence-corrected chi connectivity index (χ2v) is 4.37. The molecule has 0 bridgehead atoms. The van der Waals surface area contributed by atoms with E-state index < -0.39 is 0 Å². The summed E-state index contributed by atoms with van der Waals surface area (Å²) >= 11 is 6.14. The normalized spacial score (nSPS) is 10.2. The first-order valence-corrected chi connectivity index (χ1v) is 6.25. The first-order chi connectivity index (χ1) is 9.65. The maximum Gasteiger partial charge on any atom is 0.287 e. The Morgan fingerprint density at radius 1 is 1.30 bits per heavy atom. The minimum Gasteiger partial charge on any atom is -0.493 e. The van der Waals surface area contributed by atoms with Crippen LogP contribution in [0.3, 0.4) is 0 Å². The third kappa shape index (κ3) is 3.05. The van der Waals surface area contributed by atoms with Gasteiger partial charge in [-0.3, -0.25) is 4.79 Å². The van der Waals surface area contributed by atoms with Crippen molar-refractivity contribution >= 4 is 17.5 Å². The SMILES string of the molecule is COc1cc(Cl)c(CNC(=O)c2ccco2)cc1OC. The van der Waals surface area contributed by atoms with Gasteiger partial charge in [-0.15, -0.1) is 0 Å². The second kappa shape index (κ2) is 6.34. The van der Waals surface area contributed by atoms with E-state index in [4.69, 9.17) is 25.5 Å². The number of rotatable bonds is 5. The molecule has 1 N–H and O–H groups in total. The molecule has 6 heteroatoms. The van der Waals surface area contributed by atoms with E-state index in [1.807, 2.05) is 0 Å². The zero-order chi connectivity index (χ0) is 14.5. The highest BCUT2D eigenvalue weighted by atomic mass is 35.5. The molecular formula is C14H14ClNO4. The van der Waals surface area contributed by atoms with E-state index in [0.717, 1.165) is 5.56 Å². The van der Waals surface area contributed by atoms with Gasteiger partial charge in [0, 0.05) is 17.6 Å². The summed E-state index contributed by atoms with van der Waals surface area (Å²) in [5.74, 6) is 1.04. The van der Waals surface area contributed by atoms with E-state index in [1.54, 1.807) is 24.3 Å². The summed E-state index contributed by atoms with van der Waals surface area (Å²) in [5, 5.41) is 3.21. The molecule has 106 valence electrons. The lowest BCUT2D eigenvalue weighted by Gasteiger charge is -2.12. The largest absolute Gasteiger partial charge is 0.493 e. The summed E-state index contributed by atoms with van der Waals surface area (Å²) in [6.07, 6.45) is 1.44. The summed E-state index contributed by atoms with van der Waals surface area (Å²) in [6.45, 7) is 0.263. The summed E-state index contributed by atoms with van der Waals surface area (Å²) in [4.78, 5) is 11.8. The third-order valence-corrected chi connectivity index (χ3v) is 3.09. The van der Waals surface area contributed by atoms with Crippen LogP contribution in [0.25, 0.3) is 0 Å². The molecule has 0 unspecified atom stereocenters. The van der Waals surface area contributed by atoms with Gasteiger partial charge < -0.3 is 19.2 Å². The Kier molecular flexibility index (Phi) is 4.53. The lowest BCUT2D eigenvalue weighted by Crippen LogP contribution is -2.22. The summed E-state index contributed by atoms with van der Waals surface area (Å²) in [7, 11) is 3.07. The van der Waals surface area contributed by atoms with E-state index in [0.29, 0.717) is 16.5 Å². The van der Waals surface area contributed by atoms with Crippen molar-refractivity contribution in [2.24, 2.45) is 0 Å². The molecule has 0 aliphatic rings. The standard InChI is InChI=1S/C14H14ClNO4/c1-18-12-6-9(10(15)7-13(12)19-2)8-16-14(17)11-4-3-5-20-11/h3-7H,8H2,1-2H3,(H,16,17). The van der Waals surface area contributed by atoms with E-state index in [-0.39, 0.29) is 18.2 Å².